The van der Waals surface area contributed by atoms with Crippen LogP contribution in [0.25, 0.3) is 5.65 Å². The quantitative estimate of drug-likeness (QED) is 0.300. The maximum atomic E-state index is 14.0. The van der Waals surface area contributed by atoms with Crippen LogP contribution in [0.2, 0.25) is 0 Å². The van der Waals surface area contributed by atoms with Gasteiger partial charge < -0.3 is 19.1 Å². The molecule has 1 aromatic carbocycles. The number of aromatic nitrogens is 4. The Kier molecular flexibility index (Phi) is 8.00. The number of carbonyl (C=O) groups excluding carboxylic acids is 1. The van der Waals surface area contributed by atoms with E-state index < -0.39 is 0 Å². The van der Waals surface area contributed by atoms with E-state index in [2.05, 4.69) is 39.5 Å². The number of benzene rings is 1. The van der Waals surface area contributed by atoms with Gasteiger partial charge in [-0.3, -0.25) is 10.2 Å². The van der Waals surface area contributed by atoms with Crippen LogP contribution in [0, 0.1) is 5.41 Å². The predicted molar refractivity (Wildman–Crippen MR) is 165 cm³/mol. The molecule has 3 fully saturated rings. The van der Waals surface area contributed by atoms with Gasteiger partial charge in [-0.15, -0.1) is 10.2 Å². The Bertz CT molecular complexity index is 1570. The highest BCUT2D eigenvalue weighted by Crippen LogP contribution is 2.53. The molecular weight excluding hydrogens is 544 g/mol. The van der Waals surface area contributed by atoms with Crippen molar-refractivity contribution in [2.45, 2.75) is 103 Å². The molecule has 1 aliphatic heterocycles. The number of methoxy groups -OCH3 is 1. The highest BCUT2D eigenvalue weighted by molar-refractivity contribution is 5.98. The number of rotatable bonds is 11. The Morgan fingerprint density at radius 2 is 1.70 bits per heavy atom. The van der Waals surface area contributed by atoms with Crippen molar-refractivity contribution in [1.82, 2.24) is 19.4 Å². The third kappa shape index (κ3) is 5.78. The topological polar surface area (TPSA) is 107 Å². The molecule has 10 nitrogen and oxygen atoms in total. The number of fused-ring (bicyclic) bond motifs is 1. The molecule has 0 amide bonds. The molecule has 232 valence electrons. The fourth-order valence-corrected chi connectivity index (χ4v) is 6.22. The van der Waals surface area contributed by atoms with Crippen molar-refractivity contribution >= 4 is 17.1 Å². The van der Waals surface area contributed by atoms with Gasteiger partial charge in [-0.1, -0.05) is 34.6 Å². The second-order valence-corrected chi connectivity index (χ2v) is 13.3. The Morgan fingerprint density at radius 3 is 2.28 bits per heavy atom. The molecule has 0 atom stereocenters. The monoisotopic (exact) mass is 590 g/mol. The summed E-state index contributed by atoms with van der Waals surface area (Å²) in [6.45, 7) is 13.3. The van der Waals surface area contributed by atoms with Crippen molar-refractivity contribution in [1.29, 1.82) is 5.41 Å². The summed E-state index contributed by atoms with van der Waals surface area (Å²) in [6.07, 6.45) is 6.34. The average molecular weight is 591 g/mol. The second-order valence-electron chi connectivity index (χ2n) is 13.3. The first kappa shape index (κ1) is 29.7. The molecule has 0 unspecified atom stereocenters. The number of carbonyl (C=O) groups is 1. The lowest BCUT2D eigenvalue weighted by Crippen LogP contribution is -2.37. The zero-order valence-corrected chi connectivity index (χ0v) is 26.5. The molecular formula is C33H46N6O4. The average Bonchev–Trinajstić information content (AvgIpc) is 3.93. The number of morpholine rings is 1. The van der Waals surface area contributed by atoms with Crippen LogP contribution in [-0.4, -0.2) is 64.7 Å². The summed E-state index contributed by atoms with van der Waals surface area (Å²) in [5, 5.41) is 18.8. The van der Waals surface area contributed by atoms with Crippen LogP contribution in [-0.2, 0) is 16.7 Å². The molecule has 10 heteroatoms. The number of Topliss-reactive ketones (excluding diaryl/α,β-unsaturated/α-hetero) is 1. The maximum Gasteiger partial charge on any atom is 0.242 e. The first-order valence-electron chi connectivity index (χ1n) is 16.0. The van der Waals surface area contributed by atoms with Crippen LogP contribution in [0.3, 0.4) is 0 Å². The second kappa shape index (κ2) is 11.6. The summed E-state index contributed by atoms with van der Waals surface area (Å²) >= 11 is 0. The van der Waals surface area contributed by atoms with E-state index in [1.165, 1.54) is 15.8 Å². The highest BCUT2D eigenvalue weighted by atomic mass is 16.5. The summed E-state index contributed by atoms with van der Waals surface area (Å²) in [6, 6.07) is 3.88. The van der Waals surface area contributed by atoms with Crippen molar-refractivity contribution in [3.63, 3.8) is 0 Å². The van der Waals surface area contributed by atoms with E-state index in [4.69, 9.17) is 29.8 Å². The van der Waals surface area contributed by atoms with E-state index in [9.17, 15) is 4.79 Å². The molecule has 0 bridgehead atoms. The highest BCUT2D eigenvalue weighted by Gasteiger charge is 2.39. The molecule has 0 radical (unpaired) electrons. The molecule has 3 aliphatic rings. The van der Waals surface area contributed by atoms with Crippen LogP contribution >= 0.6 is 0 Å². The number of ketones is 1. The summed E-state index contributed by atoms with van der Waals surface area (Å²) in [7, 11) is 1.69. The van der Waals surface area contributed by atoms with E-state index in [1.54, 1.807) is 11.6 Å². The van der Waals surface area contributed by atoms with Gasteiger partial charge in [-0.25, -0.2) is 4.68 Å². The van der Waals surface area contributed by atoms with E-state index in [0.717, 1.165) is 68.6 Å². The molecule has 43 heavy (non-hydrogen) atoms. The lowest BCUT2D eigenvalue weighted by molar-refractivity contribution is 0.0965. The molecule has 2 aromatic heterocycles. The van der Waals surface area contributed by atoms with Crippen molar-refractivity contribution < 1.29 is 19.0 Å². The zero-order chi connectivity index (χ0) is 30.5. The first-order valence-corrected chi connectivity index (χ1v) is 16.0. The summed E-state index contributed by atoms with van der Waals surface area (Å²) < 4.78 is 21.1. The van der Waals surface area contributed by atoms with Crippen molar-refractivity contribution in [3.05, 3.63) is 40.0 Å². The lowest BCUT2D eigenvalue weighted by Gasteiger charge is -2.33. The normalized spacial score (nSPS) is 17.6. The van der Waals surface area contributed by atoms with Gasteiger partial charge >= 0.3 is 0 Å². The fraction of sp³-hybridized carbons (Fsp3) is 0.636. The summed E-state index contributed by atoms with van der Waals surface area (Å²) in [4.78, 5) is 16.2. The van der Waals surface area contributed by atoms with Gasteiger partial charge in [0.05, 0.1) is 32.1 Å². The standard InChI is InChI=1S/C33H46N6O4/c1-7-23(8-2)43-31-28(21-11-12-21)27(20-9-10-20)30-35-38(32(34)39(30)36-31)19-26(40)22-17-24(33(3,4)5)29(41-6)25(18-22)37-13-15-42-16-14-37/h17-18,20-21,23,34H,7-16,19H2,1-6H3. The molecule has 1 saturated heterocycles. The Morgan fingerprint density at radius 1 is 1.05 bits per heavy atom. The molecule has 2 aliphatic carbocycles. The number of anilines is 1. The lowest BCUT2D eigenvalue weighted by atomic mass is 9.84. The fourth-order valence-electron chi connectivity index (χ4n) is 6.22. The van der Waals surface area contributed by atoms with E-state index in [0.29, 0.717) is 42.1 Å². The van der Waals surface area contributed by atoms with Crippen LogP contribution in [0.15, 0.2) is 12.1 Å². The molecule has 6 rings (SSSR count). The Balaban J connectivity index is 1.41. The number of hydrogen-bond acceptors (Lipinski definition) is 8. The van der Waals surface area contributed by atoms with Crippen molar-refractivity contribution in [2.24, 2.45) is 0 Å². The largest absolute Gasteiger partial charge is 0.494 e. The zero-order valence-electron chi connectivity index (χ0n) is 26.5. The molecule has 1 N–H and O–H groups in total. The van der Waals surface area contributed by atoms with Crippen LogP contribution in [0.1, 0.15) is 112 Å². The van der Waals surface area contributed by atoms with Gasteiger partial charge in [0.1, 0.15) is 12.3 Å². The first-order chi connectivity index (χ1) is 20.6. The Labute approximate surface area is 253 Å². The summed E-state index contributed by atoms with van der Waals surface area (Å²) in [5.74, 6) is 2.18. The third-order valence-corrected chi connectivity index (χ3v) is 9.02. The van der Waals surface area contributed by atoms with Gasteiger partial charge in [0.15, 0.2) is 11.4 Å². The predicted octanol–water partition coefficient (Wildman–Crippen LogP) is 5.36. The number of nitrogens with zero attached hydrogens (tertiary/aromatic N) is 5. The summed E-state index contributed by atoms with van der Waals surface area (Å²) in [5.41, 5.74) is 5.36. The molecule has 3 heterocycles. The maximum absolute atomic E-state index is 14.0. The van der Waals surface area contributed by atoms with E-state index in [-0.39, 0.29) is 29.5 Å². The number of hydrogen-bond donors (Lipinski definition) is 1. The van der Waals surface area contributed by atoms with Crippen LogP contribution in [0.5, 0.6) is 11.6 Å². The number of ether oxygens (including phenoxy) is 3. The van der Waals surface area contributed by atoms with Gasteiger partial charge in [-0.05, 0) is 67.9 Å². The third-order valence-electron chi connectivity index (χ3n) is 9.02. The van der Waals surface area contributed by atoms with Gasteiger partial charge in [0.2, 0.25) is 11.5 Å². The SMILES string of the molecule is CCC(CC)Oc1nn2c(=N)n(CC(=O)c3cc(N4CCOCC4)c(OC)c(C(C)(C)C)c3)nc2c(C2CC2)c1C1CC1. The van der Waals surface area contributed by atoms with Gasteiger partial charge in [0.25, 0.3) is 0 Å². The number of nitrogens with one attached hydrogen (secondary N) is 1. The molecule has 2 saturated carbocycles. The molecule has 3 aromatic rings. The van der Waals surface area contributed by atoms with E-state index in [1.807, 2.05) is 12.1 Å². The van der Waals surface area contributed by atoms with Crippen LogP contribution in [0.4, 0.5) is 5.69 Å². The molecule has 0 spiro atoms. The minimum Gasteiger partial charge on any atom is -0.494 e. The minimum absolute atomic E-state index is 0.0493. The van der Waals surface area contributed by atoms with E-state index >= 15 is 0 Å². The van der Waals surface area contributed by atoms with Crippen molar-refractivity contribution in [3.8, 4) is 11.6 Å². The Hall–Kier alpha value is -3.40. The minimum atomic E-state index is -0.243. The smallest absolute Gasteiger partial charge is 0.242 e. The van der Waals surface area contributed by atoms with Crippen molar-refractivity contribution in [2.75, 3.05) is 38.3 Å². The van der Waals surface area contributed by atoms with Crippen LogP contribution < -0.4 is 20.0 Å². The van der Waals surface area contributed by atoms with Gasteiger partial charge in [-0.2, -0.15) is 4.52 Å². The van der Waals surface area contributed by atoms with Gasteiger partial charge in [0, 0.05) is 35.3 Å².